The van der Waals surface area contributed by atoms with Crippen molar-refractivity contribution < 1.29 is 9.59 Å². The van der Waals surface area contributed by atoms with Crippen LogP contribution in [0.1, 0.15) is 58.6 Å². The highest BCUT2D eigenvalue weighted by Gasteiger charge is 2.33. The van der Waals surface area contributed by atoms with Gasteiger partial charge < -0.3 is 15.1 Å². The van der Waals surface area contributed by atoms with E-state index in [2.05, 4.69) is 30.1 Å². The highest BCUT2D eigenvalue weighted by Crippen LogP contribution is 2.40. The van der Waals surface area contributed by atoms with E-state index in [-0.39, 0.29) is 23.7 Å². The van der Waals surface area contributed by atoms with Gasteiger partial charge in [0.2, 0.25) is 5.91 Å². The van der Waals surface area contributed by atoms with Gasteiger partial charge in [-0.3, -0.25) is 9.59 Å². The Labute approximate surface area is 183 Å². The Hall–Kier alpha value is -2.89. The Kier molecular flexibility index (Phi) is 5.16. The third kappa shape index (κ3) is 3.91. The molecular weight excluding hydrogens is 388 g/mol. The number of nitrogens with zero attached hydrogens (tertiary/aromatic N) is 3. The summed E-state index contributed by atoms with van der Waals surface area (Å²) in [5.74, 6) is 2.06. The molecule has 2 amide bonds. The number of hydrogen-bond acceptors (Lipinski definition) is 4. The molecule has 5 rings (SSSR count). The van der Waals surface area contributed by atoms with Crippen molar-refractivity contribution in [3.05, 3.63) is 58.8 Å². The number of carbonyl (C=O) groups excluding carboxylic acids is 2. The van der Waals surface area contributed by atoms with E-state index in [4.69, 9.17) is 4.98 Å². The normalized spacial score (nSPS) is 23.7. The molecule has 1 aromatic carbocycles. The molecule has 2 aliphatic heterocycles. The molecule has 0 spiro atoms. The lowest BCUT2D eigenvalue weighted by molar-refractivity contribution is -0.120. The smallest absolute Gasteiger partial charge is 0.253 e. The summed E-state index contributed by atoms with van der Waals surface area (Å²) in [6, 6.07) is 9.88. The molecule has 3 heterocycles. The number of piperazine rings is 1. The van der Waals surface area contributed by atoms with Crippen LogP contribution in [0.2, 0.25) is 0 Å². The van der Waals surface area contributed by atoms with Crippen LogP contribution in [-0.2, 0) is 4.79 Å². The number of amides is 2. The number of carbonyl (C=O) groups is 2. The monoisotopic (exact) mass is 418 g/mol. The van der Waals surface area contributed by atoms with E-state index in [0.717, 1.165) is 24.5 Å². The van der Waals surface area contributed by atoms with Crippen LogP contribution < -0.4 is 10.2 Å². The maximum atomic E-state index is 13.0. The average molecular weight is 419 g/mol. The number of pyridine rings is 1. The fourth-order valence-electron chi connectivity index (χ4n) is 4.92. The Balaban J connectivity index is 1.21. The molecule has 162 valence electrons. The van der Waals surface area contributed by atoms with Gasteiger partial charge in [0.15, 0.2) is 0 Å². The molecule has 6 nitrogen and oxygen atoms in total. The Morgan fingerprint density at radius 2 is 1.77 bits per heavy atom. The van der Waals surface area contributed by atoms with Crippen molar-refractivity contribution in [3.63, 3.8) is 0 Å². The standard InChI is InChI=1S/C25H30N4O2/c1-16-13-21(18-3-4-18)15-26-23(16)28-9-11-29(12-10-28)25(31)20-7-5-19(6-8-20)22-17(2)14-27-24(22)30/h5-8,13,15,17-18,22H,3-4,9-12,14H2,1-2H3,(H,27,30)/t17?,22-/m1/s1. The summed E-state index contributed by atoms with van der Waals surface area (Å²) in [7, 11) is 0. The van der Waals surface area contributed by atoms with E-state index in [9.17, 15) is 9.59 Å². The largest absolute Gasteiger partial charge is 0.355 e. The zero-order chi connectivity index (χ0) is 21.5. The molecule has 1 N–H and O–H groups in total. The van der Waals surface area contributed by atoms with Gasteiger partial charge in [0.25, 0.3) is 5.91 Å². The van der Waals surface area contributed by atoms with Crippen LogP contribution >= 0.6 is 0 Å². The van der Waals surface area contributed by atoms with E-state index in [0.29, 0.717) is 31.1 Å². The molecule has 1 aliphatic carbocycles. The number of aryl methyl sites for hydroxylation is 1. The molecule has 3 fully saturated rings. The highest BCUT2D eigenvalue weighted by atomic mass is 16.2. The van der Waals surface area contributed by atoms with Crippen molar-refractivity contribution in [2.24, 2.45) is 5.92 Å². The minimum absolute atomic E-state index is 0.0592. The number of nitrogens with one attached hydrogen (secondary N) is 1. The molecule has 31 heavy (non-hydrogen) atoms. The predicted octanol–water partition coefficient (Wildman–Crippen LogP) is 3.08. The predicted molar refractivity (Wildman–Crippen MR) is 120 cm³/mol. The third-order valence-corrected chi connectivity index (χ3v) is 6.95. The van der Waals surface area contributed by atoms with Gasteiger partial charge in [0.1, 0.15) is 5.82 Å². The molecule has 1 unspecified atom stereocenters. The van der Waals surface area contributed by atoms with Gasteiger partial charge in [0, 0.05) is 44.5 Å². The summed E-state index contributed by atoms with van der Waals surface area (Å²) in [6.45, 7) is 7.89. The fourth-order valence-corrected chi connectivity index (χ4v) is 4.92. The van der Waals surface area contributed by atoms with E-state index < -0.39 is 0 Å². The second-order valence-corrected chi connectivity index (χ2v) is 9.28. The van der Waals surface area contributed by atoms with Crippen LogP contribution in [0.4, 0.5) is 5.82 Å². The van der Waals surface area contributed by atoms with Gasteiger partial charge >= 0.3 is 0 Å². The first-order valence-electron chi connectivity index (χ1n) is 11.4. The SMILES string of the molecule is Cc1cc(C2CC2)cnc1N1CCN(C(=O)c2ccc([C@@H]3C(=O)NCC3C)cc2)CC1. The lowest BCUT2D eigenvalue weighted by Gasteiger charge is -2.36. The molecule has 0 bridgehead atoms. The average Bonchev–Trinajstić information content (AvgIpc) is 3.58. The number of anilines is 1. The molecule has 1 aromatic heterocycles. The van der Waals surface area contributed by atoms with Crippen molar-refractivity contribution in [2.45, 2.75) is 38.5 Å². The number of hydrogen-bond donors (Lipinski definition) is 1. The van der Waals surface area contributed by atoms with Crippen LogP contribution in [-0.4, -0.2) is 54.4 Å². The Morgan fingerprint density at radius 3 is 2.35 bits per heavy atom. The number of aromatic nitrogens is 1. The van der Waals surface area contributed by atoms with Crippen LogP contribution in [0, 0.1) is 12.8 Å². The molecule has 6 heteroatoms. The van der Waals surface area contributed by atoms with Gasteiger partial charge in [-0.05, 0) is 60.4 Å². The molecule has 0 radical (unpaired) electrons. The molecular formula is C25H30N4O2. The van der Waals surface area contributed by atoms with E-state index >= 15 is 0 Å². The van der Waals surface area contributed by atoms with Crippen molar-refractivity contribution >= 4 is 17.6 Å². The minimum Gasteiger partial charge on any atom is -0.355 e. The lowest BCUT2D eigenvalue weighted by Crippen LogP contribution is -2.49. The van der Waals surface area contributed by atoms with Crippen molar-refractivity contribution in [3.8, 4) is 0 Å². The maximum Gasteiger partial charge on any atom is 0.253 e. The molecule has 2 aromatic rings. The minimum atomic E-state index is -0.116. The van der Waals surface area contributed by atoms with Crippen LogP contribution in [0.3, 0.4) is 0 Å². The summed E-state index contributed by atoms with van der Waals surface area (Å²) in [6.07, 6.45) is 4.61. The van der Waals surface area contributed by atoms with Gasteiger partial charge in [-0.15, -0.1) is 0 Å². The summed E-state index contributed by atoms with van der Waals surface area (Å²) < 4.78 is 0. The summed E-state index contributed by atoms with van der Waals surface area (Å²) in [5.41, 5.74) is 4.26. The van der Waals surface area contributed by atoms with E-state index in [1.807, 2.05) is 35.4 Å². The second kappa shape index (κ2) is 7.98. The zero-order valence-electron chi connectivity index (χ0n) is 18.3. The van der Waals surface area contributed by atoms with Crippen LogP contribution in [0.25, 0.3) is 0 Å². The van der Waals surface area contributed by atoms with E-state index in [1.165, 1.54) is 24.0 Å². The van der Waals surface area contributed by atoms with Crippen LogP contribution in [0.15, 0.2) is 36.5 Å². The van der Waals surface area contributed by atoms with Crippen molar-refractivity contribution in [1.29, 1.82) is 0 Å². The number of rotatable bonds is 4. The summed E-state index contributed by atoms with van der Waals surface area (Å²) in [4.78, 5) is 34.0. The first kappa shape index (κ1) is 20.0. The summed E-state index contributed by atoms with van der Waals surface area (Å²) in [5, 5.41) is 2.92. The Bertz CT molecular complexity index is 991. The van der Waals surface area contributed by atoms with Crippen molar-refractivity contribution in [1.82, 2.24) is 15.2 Å². The molecule has 2 saturated heterocycles. The van der Waals surface area contributed by atoms with Gasteiger partial charge in [-0.25, -0.2) is 4.98 Å². The molecule has 1 saturated carbocycles. The fraction of sp³-hybridized carbons (Fsp3) is 0.480. The van der Waals surface area contributed by atoms with Crippen LogP contribution in [0.5, 0.6) is 0 Å². The van der Waals surface area contributed by atoms with E-state index in [1.54, 1.807) is 0 Å². The summed E-state index contributed by atoms with van der Waals surface area (Å²) >= 11 is 0. The molecule has 3 aliphatic rings. The zero-order valence-corrected chi connectivity index (χ0v) is 18.3. The number of benzene rings is 1. The van der Waals surface area contributed by atoms with Gasteiger partial charge in [0.05, 0.1) is 5.92 Å². The highest BCUT2D eigenvalue weighted by molar-refractivity contribution is 5.94. The molecule has 2 atom stereocenters. The maximum absolute atomic E-state index is 13.0. The van der Waals surface area contributed by atoms with Crippen molar-refractivity contribution in [2.75, 3.05) is 37.6 Å². The topological polar surface area (TPSA) is 65.5 Å². The first-order valence-corrected chi connectivity index (χ1v) is 11.4. The lowest BCUT2D eigenvalue weighted by atomic mass is 9.89. The second-order valence-electron chi connectivity index (χ2n) is 9.28. The Morgan fingerprint density at radius 1 is 1.06 bits per heavy atom. The third-order valence-electron chi connectivity index (χ3n) is 6.95. The first-order chi connectivity index (χ1) is 15.0. The van der Waals surface area contributed by atoms with Gasteiger partial charge in [-0.2, -0.15) is 0 Å². The van der Waals surface area contributed by atoms with Gasteiger partial charge in [-0.1, -0.05) is 25.1 Å². The quantitative estimate of drug-likeness (QED) is 0.829.